The first-order valence-electron chi connectivity index (χ1n) is 8.02. The van der Waals surface area contributed by atoms with Gasteiger partial charge in [-0.15, -0.1) is 0 Å². The molecule has 0 aliphatic carbocycles. The number of hydrogen-bond acceptors (Lipinski definition) is 4. The number of unbranched alkanes of at least 4 members (excludes halogenated alkanes) is 1. The Kier molecular flexibility index (Phi) is 8.74. The molecule has 0 aliphatic rings. The maximum absolute atomic E-state index is 12.0. The molecule has 2 unspecified atom stereocenters. The van der Waals surface area contributed by atoms with Gasteiger partial charge in [-0.2, -0.15) is 0 Å². The van der Waals surface area contributed by atoms with Gasteiger partial charge in [0.25, 0.3) is 5.91 Å². The van der Waals surface area contributed by atoms with E-state index in [1.165, 1.54) is 5.56 Å². The quantitative estimate of drug-likeness (QED) is 0.388. The van der Waals surface area contributed by atoms with Crippen molar-refractivity contribution < 1.29 is 9.90 Å². The van der Waals surface area contributed by atoms with Crippen LogP contribution in [0.25, 0.3) is 0 Å². The van der Waals surface area contributed by atoms with Gasteiger partial charge in [-0.25, -0.2) is 0 Å². The standard InChI is InChI=1S/C17H29N3O2/c1-4-13-8-10-14(11-9-13)16(21)20-12-6-5-7-15(18-2)17(22)19-3/h8-11,15,17-19,22H,4-7,12H2,1-3H3,(H,20,21). The van der Waals surface area contributed by atoms with Gasteiger partial charge in [-0.1, -0.05) is 19.1 Å². The van der Waals surface area contributed by atoms with Crippen LogP contribution in [0.2, 0.25) is 0 Å². The van der Waals surface area contributed by atoms with Gasteiger partial charge in [0.2, 0.25) is 0 Å². The van der Waals surface area contributed by atoms with E-state index >= 15 is 0 Å². The fraction of sp³-hybridized carbons (Fsp3) is 0.588. The van der Waals surface area contributed by atoms with E-state index in [1.54, 1.807) is 7.05 Å². The highest BCUT2D eigenvalue weighted by atomic mass is 16.3. The topological polar surface area (TPSA) is 73.4 Å². The normalized spacial score (nSPS) is 13.6. The summed E-state index contributed by atoms with van der Waals surface area (Å²) >= 11 is 0. The number of aliphatic hydroxyl groups is 1. The van der Waals surface area contributed by atoms with Crippen molar-refractivity contribution in [2.75, 3.05) is 20.6 Å². The molecule has 0 fully saturated rings. The monoisotopic (exact) mass is 307 g/mol. The predicted octanol–water partition coefficient (Wildman–Crippen LogP) is 1.27. The Hall–Kier alpha value is -1.43. The maximum Gasteiger partial charge on any atom is 0.251 e. The van der Waals surface area contributed by atoms with Gasteiger partial charge in [0.1, 0.15) is 6.23 Å². The van der Waals surface area contributed by atoms with Crippen molar-refractivity contribution in [3.63, 3.8) is 0 Å². The number of carbonyl (C=O) groups excluding carboxylic acids is 1. The number of hydrogen-bond donors (Lipinski definition) is 4. The van der Waals surface area contributed by atoms with Gasteiger partial charge in [0.15, 0.2) is 0 Å². The lowest BCUT2D eigenvalue weighted by molar-refractivity contribution is 0.0944. The predicted molar refractivity (Wildman–Crippen MR) is 89.9 cm³/mol. The fourth-order valence-corrected chi connectivity index (χ4v) is 2.35. The third-order valence-corrected chi connectivity index (χ3v) is 3.90. The molecule has 4 N–H and O–H groups in total. The zero-order chi connectivity index (χ0) is 16.4. The van der Waals surface area contributed by atoms with Gasteiger partial charge in [-0.3, -0.25) is 10.1 Å². The zero-order valence-electron chi connectivity index (χ0n) is 13.9. The number of likely N-dealkylation sites (N-methyl/N-ethyl adjacent to an activating group) is 2. The summed E-state index contributed by atoms with van der Waals surface area (Å²) < 4.78 is 0. The molecule has 0 saturated heterocycles. The van der Waals surface area contributed by atoms with E-state index in [0.29, 0.717) is 12.1 Å². The van der Waals surface area contributed by atoms with Gasteiger partial charge in [0, 0.05) is 18.2 Å². The number of benzene rings is 1. The van der Waals surface area contributed by atoms with Gasteiger partial charge in [0.05, 0.1) is 0 Å². The molecule has 0 bridgehead atoms. The number of nitrogens with one attached hydrogen (secondary N) is 3. The fourth-order valence-electron chi connectivity index (χ4n) is 2.35. The molecule has 1 aromatic carbocycles. The number of amides is 1. The summed E-state index contributed by atoms with van der Waals surface area (Å²) in [5.41, 5.74) is 1.94. The van der Waals surface area contributed by atoms with Crippen molar-refractivity contribution in [3.05, 3.63) is 35.4 Å². The Morgan fingerprint density at radius 1 is 1.14 bits per heavy atom. The molecule has 0 heterocycles. The highest BCUT2D eigenvalue weighted by Crippen LogP contribution is 2.06. The highest BCUT2D eigenvalue weighted by Gasteiger charge is 2.14. The van der Waals surface area contributed by atoms with E-state index in [1.807, 2.05) is 31.3 Å². The molecule has 0 spiro atoms. The van der Waals surface area contributed by atoms with Crippen LogP contribution in [0, 0.1) is 0 Å². The lowest BCUT2D eigenvalue weighted by Crippen LogP contribution is -2.45. The molecule has 5 heteroatoms. The molecular formula is C17H29N3O2. The summed E-state index contributed by atoms with van der Waals surface area (Å²) in [4.78, 5) is 12.0. The van der Waals surface area contributed by atoms with Crippen molar-refractivity contribution in [2.24, 2.45) is 0 Å². The zero-order valence-corrected chi connectivity index (χ0v) is 13.9. The summed E-state index contributed by atoms with van der Waals surface area (Å²) in [6.45, 7) is 2.75. The van der Waals surface area contributed by atoms with Crippen LogP contribution in [0.3, 0.4) is 0 Å². The van der Waals surface area contributed by atoms with Crippen LogP contribution in [0.4, 0.5) is 0 Å². The molecule has 0 aliphatic heterocycles. The Labute approximate surface area is 133 Å². The van der Waals surface area contributed by atoms with Crippen LogP contribution in [0.15, 0.2) is 24.3 Å². The minimum absolute atomic E-state index is 0.0249. The molecule has 124 valence electrons. The van der Waals surface area contributed by atoms with E-state index in [-0.39, 0.29) is 11.9 Å². The summed E-state index contributed by atoms with van der Waals surface area (Å²) in [5, 5.41) is 18.6. The van der Waals surface area contributed by atoms with E-state index in [4.69, 9.17) is 0 Å². The summed E-state index contributed by atoms with van der Waals surface area (Å²) in [6.07, 6.45) is 3.14. The van der Waals surface area contributed by atoms with Crippen molar-refractivity contribution in [1.82, 2.24) is 16.0 Å². The number of rotatable bonds is 10. The first-order chi connectivity index (χ1) is 10.6. The number of aryl methyl sites for hydroxylation is 1. The second-order valence-electron chi connectivity index (χ2n) is 5.43. The van der Waals surface area contributed by atoms with E-state index in [9.17, 15) is 9.90 Å². The first kappa shape index (κ1) is 18.6. The first-order valence-corrected chi connectivity index (χ1v) is 8.02. The smallest absolute Gasteiger partial charge is 0.251 e. The molecule has 0 radical (unpaired) electrons. The molecule has 1 rings (SSSR count). The van der Waals surface area contributed by atoms with Crippen LogP contribution >= 0.6 is 0 Å². The minimum Gasteiger partial charge on any atom is -0.377 e. The molecule has 0 saturated carbocycles. The molecule has 22 heavy (non-hydrogen) atoms. The lowest BCUT2D eigenvalue weighted by atomic mass is 10.1. The Morgan fingerprint density at radius 2 is 1.82 bits per heavy atom. The summed E-state index contributed by atoms with van der Waals surface area (Å²) in [6, 6.07) is 7.75. The number of aliphatic hydroxyl groups excluding tert-OH is 1. The second-order valence-corrected chi connectivity index (χ2v) is 5.43. The van der Waals surface area contributed by atoms with Crippen LogP contribution < -0.4 is 16.0 Å². The third kappa shape index (κ3) is 6.13. The minimum atomic E-state index is -0.545. The average Bonchev–Trinajstić information content (AvgIpc) is 2.57. The van der Waals surface area contributed by atoms with Crippen molar-refractivity contribution in [2.45, 2.75) is 44.9 Å². The highest BCUT2D eigenvalue weighted by molar-refractivity contribution is 5.94. The largest absolute Gasteiger partial charge is 0.377 e. The average molecular weight is 307 g/mol. The van der Waals surface area contributed by atoms with Gasteiger partial charge < -0.3 is 15.7 Å². The van der Waals surface area contributed by atoms with Gasteiger partial charge >= 0.3 is 0 Å². The van der Waals surface area contributed by atoms with Gasteiger partial charge in [-0.05, 0) is 57.5 Å². The van der Waals surface area contributed by atoms with E-state index in [0.717, 1.165) is 25.7 Å². The van der Waals surface area contributed by atoms with Crippen molar-refractivity contribution in [3.8, 4) is 0 Å². The molecular weight excluding hydrogens is 278 g/mol. The lowest BCUT2D eigenvalue weighted by Gasteiger charge is -2.21. The molecule has 2 atom stereocenters. The molecule has 5 nitrogen and oxygen atoms in total. The number of carbonyl (C=O) groups is 1. The molecule has 1 aromatic rings. The van der Waals surface area contributed by atoms with Crippen LogP contribution in [0.1, 0.15) is 42.1 Å². The van der Waals surface area contributed by atoms with Crippen molar-refractivity contribution >= 4 is 5.91 Å². The van der Waals surface area contributed by atoms with Crippen LogP contribution in [0.5, 0.6) is 0 Å². The third-order valence-electron chi connectivity index (χ3n) is 3.90. The van der Waals surface area contributed by atoms with Crippen LogP contribution in [-0.2, 0) is 6.42 Å². The summed E-state index contributed by atoms with van der Waals surface area (Å²) in [7, 11) is 3.58. The molecule has 0 aromatic heterocycles. The Morgan fingerprint density at radius 3 is 2.36 bits per heavy atom. The Bertz CT molecular complexity index is 434. The van der Waals surface area contributed by atoms with E-state index in [2.05, 4.69) is 22.9 Å². The Balaban J connectivity index is 2.24. The summed E-state index contributed by atoms with van der Waals surface area (Å²) in [5.74, 6) is -0.0249. The maximum atomic E-state index is 12.0. The van der Waals surface area contributed by atoms with Crippen LogP contribution in [-0.4, -0.2) is 43.9 Å². The van der Waals surface area contributed by atoms with Crippen molar-refractivity contribution in [1.29, 1.82) is 0 Å². The SMILES string of the molecule is CCc1ccc(C(=O)NCCCCC(NC)C(O)NC)cc1. The molecule has 1 amide bonds. The second kappa shape index (κ2) is 10.3. The van der Waals surface area contributed by atoms with E-state index < -0.39 is 6.23 Å².